The second-order valence-electron chi connectivity index (χ2n) is 36.9. The number of hydrogen-bond donors (Lipinski definition) is 0. The van der Waals surface area contributed by atoms with Crippen LogP contribution >= 0.6 is 34.0 Å². The Morgan fingerprint density at radius 2 is 0.476 bits per heavy atom. The highest BCUT2D eigenvalue weighted by molar-refractivity contribution is 7.26. The maximum Gasteiger partial charge on any atom is 0.125 e. The highest BCUT2D eigenvalue weighted by Gasteiger charge is 2.24. The minimum absolute atomic E-state index is 1.09. The lowest BCUT2D eigenvalue weighted by Crippen LogP contribution is -2.10. The molecule has 0 fully saturated rings. The summed E-state index contributed by atoms with van der Waals surface area (Å²) in [6.45, 7) is 0. The topological polar surface area (TPSA) is 56.7 Å². The fourth-order valence-electron chi connectivity index (χ4n) is 21.9. The van der Waals surface area contributed by atoms with Crippen molar-refractivity contribution in [2.75, 3.05) is 4.90 Å². The molecular weight excluding hydrogens is 1790 g/mol. The molecule has 0 atom stereocenters. The molecule has 9 heterocycles. The average molecular weight is 1880 g/mol. The Bertz CT molecular complexity index is 10200. The molecular formula is C133H83N7S3. The molecule has 0 spiro atoms. The van der Waals surface area contributed by atoms with Crippen LogP contribution in [0.1, 0.15) is 0 Å². The van der Waals surface area contributed by atoms with Crippen molar-refractivity contribution in [3.05, 3.63) is 504 Å². The van der Waals surface area contributed by atoms with Gasteiger partial charge in [-0.25, -0.2) is 15.0 Å². The van der Waals surface area contributed by atoms with E-state index in [0.717, 1.165) is 53.6 Å². The van der Waals surface area contributed by atoms with Gasteiger partial charge in [0.15, 0.2) is 0 Å². The Kier molecular flexibility index (Phi) is 20.1. The number of anilines is 3. The van der Waals surface area contributed by atoms with E-state index in [1.165, 1.54) is 217 Å². The second-order valence-corrected chi connectivity index (χ2v) is 40.0. The smallest absolute Gasteiger partial charge is 0.125 e. The van der Waals surface area contributed by atoms with Crippen molar-refractivity contribution < 1.29 is 0 Å². The Morgan fingerprint density at radius 3 is 0.965 bits per heavy atom. The van der Waals surface area contributed by atoms with Gasteiger partial charge in [-0.15, -0.1) is 34.0 Å². The first-order valence-corrected chi connectivity index (χ1v) is 50.9. The minimum Gasteiger partial charge on any atom is -0.310 e. The molecule has 9 aromatic heterocycles. The summed E-state index contributed by atoms with van der Waals surface area (Å²) in [4.78, 5) is 20.2. The molecule has 0 aliphatic heterocycles. The van der Waals surface area contributed by atoms with E-state index in [2.05, 4.69) is 504 Å². The van der Waals surface area contributed by atoms with Gasteiger partial charge >= 0.3 is 0 Å². The van der Waals surface area contributed by atoms with E-state index in [1.807, 2.05) is 18.6 Å². The lowest BCUT2D eigenvalue weighted by atomic mass is 9.96. The zero-order valence-corrected chi connectivity index (χ0v) is 79.7. The van der Waals surface area contributed by atoms with Crippen LogP contribution in [0.25, 0.3) is 253 Å². The third-order valence-corrected chi connectivity index (χ3v) is 31.9. The van der Waals surface area contributed by atoms with Crippen LogP contribution in [-0.4, -0.2) is 28.7 Å². The predicted octanol–water partition coefficient (Wildman–Crippen LogP) is 37.7. The Balaban J connectivity index is 0.000000105. The van der Waals surface area contributed by atoms with Crippen LogP contribution in [0.15, 0.2) is 504 Å². The monoisotopic (exact) mass is 1870 g/mol. The van der Waals surface area contributed by atoms with Gasteiger partial charge < -0.3 is 18.6 Å². The molecule has 0 radical (unpaired) electrons. The van der Waals surface area contributed by atoms with Crippen LogP contribution in [0.4, 0.5) is 17.1 Å². The molecule has 0 N–H and O–H groups in total. The molecule has 0 bridgehead atoms. The summed E-state index contributed by atoms with van der Waals surface area (Å²) in [6.07, 6.45) is 6.08. The lowest BCUT2D eigenvalue weighted by molar-refractivity contribution is 1.17. The van der Waals surface area contributed by atoms with Crippen LogP contribution in [0.5, 0.6) is 0 Å². The number of aromatic nitrogens is 6. The first-order chi connectivity index (χ1) is 70.9. The number of hydrogen-bond acceptors (Lipinski definition) is 7. The quantitative estimate of drug-likeness (QED) is 0.122. The number of rotatable bonds is 12. The van der Waals surface area contributed by atoms with Crippen molar-refractivity contribution in [1.29, 1.82) is 0 Å². The number of para-hydroxylation sites is 4. The molecule has 0 unspecified atom stereocenters. The maximum atomic E-state index is 4.88. The van der Waals surface area contributed by atoms with E-state index in [1.54, 1.807) is 34.0 Å². The van der Waals surface area contributed by atoms with E-state index < -0.39 is 0 Å². The first-order valence-electron chi connectivity index (χ1n) is 48.4. The van der Waals surface area contributed by atoms with Crippen molar-refractivity contribution in [3.8, 4) is 83.8 Å². The predicted molar refractivity (Wildman–Crippen MR) is 612 cm³/mol. The second kappa shape index (κ2) is 34.5. The maximum absolute atomic E-state index is 4.88. The van der Waals surface area contributed by atoms with Crippen LogP contribution < -0.4 is 4.90 Å². The van der Waals surface area contributed by atoms with Crippen LogP contribution in [0.2, 0.25) is 0 Å². The third-order valence-electron chi connectivity index (χ3n) is 28.7. The molecule has 30 rings (SSSR count). The number of thiophene rings is 3. The van der Waals surface area contributed by atoms with Gasteiger partial charge in [0.25, 0.3) is 0 Å². The van der Waals surface area contributed by atoms with Gasteiger partial charge in [0, 0.05) is 148 Å². The molecule has 0 saturated carbocycles. The summed E-state index contributed by atoms with van der Waals surface area (Å²) < 4.78 is 11.0. The summed E-state index contributed by atoms with van der Waals surface area (Å²) in [6, 6.07) is 176. The molecule has 0 amide bonds. The average Bonchev–Trinajstić information content (AvgIpc) is 1.58. The molecule has 143 heavy (non-hydrogen) atoms. The molecule has 10 heteroatoms. The molecule has 21 aromatic carbocycles. The summed E-state index contributed by atoms with van der Waals surface area (Å²) >= 11 is 5.29. The Labute approximate surface area is 835 Å². The summed E-state index contributed by atoms with van der Waals surface area (Å²) in [5.41, 5.74) is 28.4. The SMILES string of the molecule is c1cc(-c2ccc3c(cnc4sc5ccccc5c43)c2)cc(-n2c3ccccc3c3cc(-n4c5ccccc5c5ccccc54)ccc32)c1.c1ccc(-c2ccc(N(c3ccc(-c4ccccc4)cc3)c3cccc(-c4ccc5c(cnc6sc7ccccc7c65)c4)c3)cc2)cc1.c1ccc(-n2c3ccc(-c4cccc(-c5ccc6c(cnc7sc8ccccc8c76)c5)c4)cc3c3cc4ccccc4cc32)cc1. The van der Waals surface area contributed by atoms with Gasteiger partial charge in [-0.3, -0.25) is 0 Å². The first kappa shape index (κ1) is 83.2. The summed E-state index contributed by atoms with van der Waals surface area (Å²) in [7, 11) is 0. The van der Waals surface area contributed by atoms with Crippen LogP contribution in [-0.2, 0) is 0 Å². The van der Waals surface area contributed by atoms with E-state index in [4.69, 9.17) is 15.0 Å². The number of nitrogens with zero attached hydrogens (tertiary/aromatic N) is 7. The highest BCUT2D eigenvalue weighted by atomic mass is 32.1. The van der Waals surface area contributed by atoms with Crippen LogP contribution in [0.3, 0.4) is 0 Å². The minimum atomic E-state index is 1.09. The highest BCUT2D eigenvalue weighted by Crippen LogP contribution is 2.48. The van der Waals surface area contributed by atoms with Crippen molar-refractivity contribution in [2.24, 2.45) is 0 Å². The summed E-state index contributed by atoms with van der Waals surface area (Å²) in [5, 5.41) is 24.9. The summed E-state index contributed by atoms with van der Waals surface area (Å²) in [5.74, 6) is 0. The van der Waals surface area contributed by atoms with Gasteiger partial charge in [0.1, 0.15) is 14.5 Å². The van der Waals surface area contributed by atoms with Gasteiger partial charge in [-0.1, -0.05) is 322 Å². The zero-order chi connectivity index (χ0) is 94.1. The standard InChI is InChI=1S/C45H27N3S.C45H30N2S.C43H26N2S/c1-5-16-39-34(12-1)35-13-2-6-17-40(35)48(39)32-21-23-42-38(26-32)36-14-3-7-18-41(36)47(42)31-11-9-10-28(25-31)29-20-22-33-30(24-29)27-46-45-44(33)37-15-4-8-19-43(37)49-45;1-3-10-31(11-4-1)33-18-23-38(24-19-33)47(39-25-20-34(21-26-39)32-12-5-2-6-13-32)40-15-9-14-35(29-40)36-22-27-41-37(28-36)30-46-45-44(41)42-16-7-8-17-43(42)48-45;1-2-13-34(14-3-1)45-39-20-18-32(24-37(39)38-23-29-9-4-5-10-30(29)25-40(38)45)28-12-8-11-27(21-28)31-17-19-35-33(22-31)26-44-43-42(35)36-15-6-7-16-41(36)46-43/h1-27H;1-30H;1-26H. The van der Waals surface area contributed by atoms with E-state index in [-0.39, 0.29) is 0 Å². The normalized spacial score (nSPS) is 11.8. The lowest BCUT2D eigenvalue weighted by Gasteiger charge is -2.26. The number of fused-ring (bicyclic) bond motifs is 25. The zero-order valence-electron chi connectivity index (χ0n) is 77.3. The van der Waals surface area contributed by atoms with Crippen molar-refractivity contribution in [2.45, 2.75) is 0 Å². The fraction of sp³-hybridized carbons (Fsp3) is 0. The van der Waals surface area contributed by atoms with E-state index >= 15 is 0 Å². The Morgan fingerprint density at radius 1 is 0.161 bits per heavy atom. The van der Waals surface area contributed by atoms with Crippen molar-refractivity contribution in [3.63, 3.8) is 0 Å². The van der Waals surface area contributed by atoms with E-state index in [0.29, 0.717) is 0 Å². The third kappa shape index (κ3) is 14.5. The molecule has 0 saturated heterocycles. The molecule has 668 valence electrons. The fourth-order valence-corrected chi connectivity index (χ4v) is 25.1. The molecule has 0 aliphatic rings. The molecule has 30 aromatic rings. The van der Waals surface area contributed by atoms with Gasteiger partial charge in [0.2, 0.25) is 0 Å². The number of pyridine rings is 3. The molecule has 0 aliphatic carbocycles. The molecule has 7 nitrogen and oxygen atoms in total. The van der Waals surface area contributed by atoms with Gasteiger partial charge in [-0.2, -0.15) is 0 Å². The van der Waals surface area contributed by atoms with Gasteiger partial charge in [0.05, 0.1) is 33.1 Å². The largest absolute Gasteiger partial charge is 0.310 e. The van der Waals surface area contributed by atoms with E-state index in [9.17, 15) is 0 Å². The van der Waals surface area contributed by atoms with Crippen LogP contribution in [0, 0.1) is 0 Å². The van der Waals surface area contributed by atoms with Gasteiger partial charge in [-0.05, 0) is 257 Å². The van der Waals surface area contributed by atoms with Crippen molar-refractivity contribution >= 4 is 220 Å². The number of benzene rings is 21. The Hall–Kier alpha value is -18.0. The van der Waals surface area contributed by atoms with Crippen molar-refractivity contribution in [1.82, 2.24) is 28.7 Å².